The highest BCUT2D eigenvalue weighted by molar-refractivity contribution is 5.71. The lowest BCUT2D eigenvalue weighted by atomic mass is 9.72. The van der Waals surface area contributed by atoms with E-state index in [-0.39, 0.29) is 0 Å². The standard InChI is InChI=1S/C28H46N2/c1-2-3-19-30-28-24(21-13-7-4-8-14-21)20-25(29)26(22-15-9-5-10-16-22)27(28)23-17-11-6-12-18-23/h20-23,30H,2-19,29H2,1H3. The van der Waals surface area contributed by atoms with Gasteiger partial charge in [-0.15, -0.1) is 0 Å². The molecule has 30 heavy (non-hydrogen) atoms. The molecule has 0 unspecified atom stereocenters. The second-order valence-corrected chi connectivity index (χ2v) is 10.5. The van der Waals surface area contributed by atoms with E-state index in [0.717, 1.165) is 18.2 Å². The first-order valence-electron chi connectivity index (χ1n) is 13.5. The molecule has 4 rings (SSSR count). The molecule has 2 heteroatoms. The maximum absolute atomic E-state index is 6.96. The van der Waals surface area contributed by atoms with Crippen LogP contribution in [0.5, 0.6) is 0 Å². The Morgan fingerprint density at radius 1 is 0.733 bits per heavy atom. The van der Waals surface area contributed by atoms with Crippen LogP contribution in [0.25, 0.3) is 0 Å². The maximum atomic E-state index is 6.96. The highest BCUT2D eigenvalue weighted by Crippen LogP contribution is 2.50. The average Bonchev–Trinajstić information content (AvgIpc) is 2.81. The van der Waals surface area contributed by atoms with E-state index in [9.17, 15) is 0 Å². The molecule has 3 saturated carbocycles. The predicted octanol–water partition coefficient (Wildman–Crippen LogP) is 8.62. The number of benzene rings is 1. The van der Waals surface area contributed by atoms with Gasteiger partial charge in [0.1, 0.15) is 0 Å². The fraction of sp³-hybridized carbons (Fsp3) is 0.786. The molecule has 1 aromatic rings. The van der Waals surface area contributed by atoms with Gasteiger partial charge in [0.25, 0.3) is 0 Å². The van der Waals surface area contributed by atoms with Gasteiger partial charge in [0.2, 0.25) is 0 Å². The molecule has 0 amide bonds. The minimum Gasteiger partial charge on any atom is -0.398 e. The molecule has 2 nitrogen and oxygen atoms in total. The van der Waals surface area contributed by atoms with Gasteiger partial charge in [-0.25, -0.2) is 0 Å². The van der Waals surface area contributed by atoms with Crippen LogP contribution in [-0.4, -0.2) is 6.54 Å². The van der Waals surface area contributed by atoms with Crippen molar-refractivity contribution < 1.29 is 0 Å². The van der Waals surface area contributed by atoms with Gasteiger partial charge in [-0.05, 0) is 85.5 Å². The van der Waals surface area contributed by atoms with E-state index in [1.165, 1.54) is 109 Å². The maximum Gasteiger partial charge on any atom is 0.0415 e. The number of hydrogen-bond acceptors (Lipinski definition) is 2. The van der Waals surface area contributed by atoms with Crippen molar-refractivity contribution in [3.8, 4) is 0 Å². The molecule has 0 aliphatic heterocycles. The van der Waals surface area contributed by atoms with E-state index < -0.39 is 0 Å². The zero-order chi connectivity index (χ0) is 20.8. The van der Waals surface area contributed by atoms with Crippen LogP contribution in [0, 0.1) is 0 Å². The molecular formula is C28H46N2. The fourth-order valence-electron chi connectivity index (χ4n) is 6.75. The second kappa shape index (κ2) is 10.9. The smallest absolute Gasteiger partial charge is 0.0415 e. The Labute approximate surface area is 185 Å². The largest absolute Gasteiger partial charge is 0.398 e. The normalized spacial score (nSPS) is 22.3. The van der Waals surface area contributed by atoms with Gasteiger partial charge in [-0.2, -0.15) is 0 Å². The molecule has 3 aliphatic carbocycles. The Hall–Kier alpha value is -1.18. The summed E-state index contributed by atoms with van der Waals surface area (Å²) in [5.74, 6) is 2.14. The molecule has 0 heterocycles. The van der Waals surface area contributed by atoms with Crippen LogP contribution in [0.1, 0.15) is 151 Å². The fourth-order valence-corrected chi connectivity index (χ4v) is 6.75. The molecule has 0 radical (unpaired) electrons. The van der Waals surface area contributed by atoms with Gasteiger partial charge in [0, 0.05) is 17.9 Å². The minimum atomic E-state index is 0.697. The highest BCUT2D eigenvalue weighted by atomic mass is 14.9. The van der Waals surface area contributed by atoms with E-state index in [1.807, 2.05) is 0 Å². The van der Waals surface area contributed by atoms with E-state index in [4.69, 9.17) is 5.73 Å². The minimum absolute atomic E-state index is 0.697. The molecule has 0 spiro atoms. The molecule has 0 atom stereocenters. The lowest BCUT2D eigenvalue weighted by Gasteiger charge is -2.36. The summed E-state index contributed by atoms with van der Waals surface area (Å²) in [5, 5.41) is 4.03. The summed E-state index contributed by atoms with van der Waals surface area (Å²) in [4.78, 5) is 0. The van der Waals surface area contributed by atoms with Gasteiger partial charge < -0.3 is 11.1 Å². The van der Waals surface area contributed by atoms with Crippen LogP contribution in [0.15, 0.2) is 6.07 Å². The molecule has 168 valence electrons. The Balaban J connectivity index is 1.80. The molecule has 0 bridgehead atoms. The van der Waals surface area contributed by atoms with Crippen molar-refractivity contribution in [2.75, 3.05) is 17.6 Å². The first kappa shape index (κ1) is 22.0. The highest BCUT2D eigenvalue weighted by Gasteiger charge is 2.31. The number of nitrogens with one attached hydrogen (secondary N) is 1. The van der Waals surface area contributed by atoms with E-state index in [2.05, 4.69) is 18.3 Å². The number of hydrogen-bond donors (Lipinski definition) is 2. The van der Waals surface area contributed by atoms with Crippen LogP contribution in [0.3, 0.4) is 0 Å². The third kappa shape index (κ3) is 5.00. The Bertz CT molecular complexity index is 662. The summed E-state index contributed by atoms with van der Waals surface area (Å²) in [5.41, 5.74) is 14.5. The monoisotopic (exact) mass is 410 g/mol. The molecule has 1 aromatic carbocycles. The second-order valence-electron chi connectivity index (χ2n) is 10.5. The third-order valence-corrected chi connectivity index (χ3v) is 8.37. The first-order valence-corrected chi connectivity index (χ1v) is 13.5. The SMILES string of the molecule is CCCCNc1c(C2CCCCC2)cc(N)c(C2CCCCC2)c1C1CCCCC1. The molecule has 0 saturated heterocycles. The van der Waals surface area contributed by atoms with Gasteiger partial charge in [0.15, 0.2) is 0 Å². The quantitative estimate of drug-likeness (QED) is 0.349. The summed E-state index contributed by atoms with van der Waals surface area (Å²) in [6.07, 6.45) is 23.3. The van der Waals surface area contributed by atoms with Crippen molar-refractivity contribution in [2.45, 2.75) is 134 Å². The van der Waals surface area contributed by atoms with Crippen molar-refractivity contribution in [1.82, 2.24) is 0 Å². The van der Waals surface area contributed by atoms with Crippen LogP contribution < -0.4 is 11.1 Å². The lowest BCUT2D eigenvalue weighted by Crippen LogP contribution is -2.20. The first-order chi connectivity index (χ1) is 14.8. The van der Waals surface area contributed by atoms with Crippen molar-refractivity contribution in [2.24, 2.45) is 0 Å². The zero-order valence-corrected chi connectivity index (χ0v) is 19.6. The lowest BCUT2D eigenvalue weighted by molar-refractivity contribution is 0.417. The Morgan fingerprint density at radius 2 is 1.23 bits per heavy atom. The Morgan fingerprint density at radius 3 is 1.77 bits per heavy atom. The van der Waals surface area contributed by atoms with Crippen LogP contribution in [0.2, 0.25) is 0 Å². The van der Waals surface area contributed by atoms with Crippen LogP contribution in [0.4, 0.5) is 11.4 Å². The van der Waals surface area contributed by atoms with Crippen molar-refractivity contribution in [1.29, 1.82) is 0 Å². The average molecular weight is 411 g/mol. The summed E-state index contributed by atoms with van der Waals surface area (Å²) >= 11 is 0. The third-order valence-electron chi connectivity index (χ3n) is 8.37. The predicted molar refractivity (Wildman–Crippen MR) is 132 cm³/mol. The van der Waals surface area contributed by atoms with Gasteiger partial charge in [-0.3, -0.25) is 0 Å². The number of rotatable bonds is 7. The van der Waals surface area contributed by atoms with E-state index in [0.29, 0.717) is 11.8 Å². The molecular weight excluding hydrogens is 364 g/mol. The van der Waals surface area contributed by atoms with Crippen molar-refractivity contribution in [3.63, 3.8) is 0 Å². The topological polar surface area (TPSA) is 38.0 Å². The van der Waals surface area contributed by atoms with Gasteiger partial charge in [-0.1, -0.05) is 71.1 Å². The number of nitrogen functional groups attached to an aromatic ring is 1. The van der Waals surface area contributed by atoms with E-state index >= 15 is 0 Å². The van der Waals surface area contributed by atoms with E-state index in [1.54, 1.807) is 22.4 Å². The zero-order valence-electron chi connectivity index (χ0n) is 19.6. The molecule has 0 aromatic heterocycles. The summed E-state index contributed by atoms with van der Waals surface area (Å²) in [6, 6.07) is 2.44. The summed E-state index contributed by atoms with van der Waals surface area (Å²) < 4.78 is 0. The number of nitrogens with two attached hydrogens (primary N) is 1. The molecule has 3 N–H and O–H groups in total. The van der Waals surface area contributed by atoms with Gasteiger partial charge in [0.05, 0.1) is 0 Å². The summed E-state index contributed by atoms with van der Waals surface area (Å²) in [7, 11) is 0. The van der Waals surface area contributed by atoms with Crippen molar-refractivity contribution >= 4 is 11.4 Å². The molecule has 3 aliphatic rings. The van der Waals surface area contributed by atoms with Crippen LogP contribution >= 0.6 is 0 Å². The molecule has 3 fully saturated rings. The van der Waals surface area contributed by atoms with Crippen LogP contribution in [-0.2, 0) is 0 Å². The Kier molecular flexibility index (Phi) is 8.01. The number of anilines is 2. The summed E-state index contributed by atoms with van der Waals surface area (Å²) in [6.45, 7) is 3.42. The van der Waals surface area contributed by atoms with Crippen molar-refractivity contribution in [3.05, 3.63) is 22.8 Å². The number of unbranched alkanes of at least 4 members (excludes halogenated alkanes) is 1. The van der Waals surface area contributed by atoms with Gasteiger partial charge >= 0.3 is 0 Å².